The van der Waals surface area contributed by atoms with Crippen LogP contribution in [0.1, 0.15) is 46.2 Å². The van der Waals surface area contributed by atoms with Gasteiger partial charge in [0.05, 0.1) is 0 Å². The minimum atomic E-state index is -0.530. The van der Waals surface area contributed by atoms with Gasteiger partial charge in [-0.15, -0.1) is 0 Å². The van der Waals surface area contributed by atoms with E-state index in [0.29, 0.717) is 22.3 Å². The monoisotopic (exact) mass is 267 g/mol. The molecular formula is C16H23F2N. The lowest BCUT2D eigenvalue weighted by atomic mass is 10.0. The second-order valence-electron chi connectivity index (χ2n) is 6.79. The molecule has 0 spiro atoms. The lowest BCUT2D eigenvalue weighted by molar-refractivity contribution is 0.457. The fourth-order valence-corrected chi connectivity index (χ4v) is 3.10. The standard InChI is InChI=1S/C16H23F2N/c1-10(12-7-6-11(17)8-13(12)18)19-9-14-15(2,3)16(14,4)5/h6-8,10,14,19H,9H2,1-5H3. The highest BCUT2D eigenvalue weighted by molar-refractivity contribution is 5.22. The Morgan fingerprint density at radius 3 is 2.21 bits per heavy atom. The Morgan fingerprint density at radius 1 is 1.16 bits per heavy atom. The average Bonchev–Trinajstić information content (AvgIpc) is 2.66. The van der Waals surface area contributed by atoms with Gasteiger partial charge in [0, 0.05) is 17.7 Å². The maximum atomic E-state index is 13.7. The Balaban J connectivity index is 1.98. The number of hydrogen-bond acceptors (Lipinski definition) is 1. The number of benzene rings is 1. The van der Waals surface area contributed by atoms with E-state index in [1.165, 1.54) is 12.1 Å². The van der Waals surface area contributed by atoms with E-state index in [1.54, 1.807) is 0 Å². The number of rotatable bonds is 4. The summed E-state index contributed by atoms with van der Waals surface area (Å²) in [4.78, 5) is 0. The molecule has 1 aliphatic carbocycles. The van der Waals surface area contributed by atoms with Crippen molar-refractivity contribution in [1.29, 1.82) is 0 Å². The summed E-state index contributed by atoms with van der Waals surface area (Å²) in [6.45, 7) is 11.8. The lowest BCUT2D eigenvalue weighted by Gasteiger charge is -2.16. The van der Waals surface area contributed by atoms with E-state index in [9.17, 15) is 8.78 Å². The molecule has 106 valence electrons. The van der Waals surface area contributed by atoms with Gasteiger partial charge in [0.15, 0.2) is 0 Å². The molecule has 1 aliphatic rings. The third-order valence-corrected chi connectivity index (χ3v) is 5.38. The minimum Gasteiger partial charge on any atom is -0.310 e. The molecule has 0 aromatic heterocycles. The topological polar surface area (TPSA) is 12.0 Å². The Kier molecular flexibility index (Phi) is 3.46. The van der Waals surface area contributed by atoms with Crippen molar-refractivity contribution >= 4 is 0 Å². The molecule has 0 heterocycles. The SMILES string of the molecule is CC(NCC1C(C)(C)C1(C)C)c1ccc(F)cc1F. The summed E-state index contributed by atoms with van der Waals surface area (Å²) in [5, 5.41) is 3.37. The first-order valence-electron chi connectivity index (χ1n) is 6.86. The Bertz CT molecular complexity index is 466. The number of halogens is 2. The first-order chi connectivity index (χ1) is 8.68. The molecule has 0 saturated heterocycles. The third kappa shape index (κ3) is 2.40. The first kappa shape index (κ1) is 14.4. The molecule has 1 saturated carbocycles. The zero-order valence-corrected chi connectivity index (χ0v) is 12.3. The molecule has 2 rings (SSSR count). The first-order valence-corrected chi connectivity index (χ1v) is 6.86. The summed E-state index contributed by atoms with van der Waals surface area (Å²) >= 11 is 0. The van der Waals surface area contributed by atoms with Crippen LogP contribution < -0.4 is 5.32 Å². The summed E-state index contributed by atoms with van der Waals surface area (Å²) in [7, 11) is 0. The van der Waals surface area contributed by atoms with Crippen molar-refractivity contribution in [3.8, 4) is 0 Å². The lowest BCUT2D eigenvalue weighted by Crippen LogP contribution is -2.23. The van der Waals surface area contributed by atoms with Crippen LogP contribution in [0.2, 0.25) is 0 Å². The fraction of sp³-hybridized carbons (Fsp3) is 0.625. The van der Waals surface area contributed by atoms with Crippen molar-refractivity contribution in [3.05, 3.63) is 35.4 Å². The van der Waals surface area contributed by atoms with Gasteiger partial charge < -0.3 is 5.32 Å². The summed E-state index contributed by atoms with van der Waals surface area (Å²) in [5.41, 5.74) is 1.17. The molecular weight excluding hydrogens is 244 g/mol. The predicted octanol–water partition coefficient (Wildman–Crippen LogP) is 4.30. The van der Waals surface area contributed by atoms with Crippen molar-refractivity contribution in [2.24, 2.45) is 16.7 Å². The molecule has 1 unspecified atom stereocenters. The van der Waals surface area contributed by atoms with Gasteiger partial charge in [-0.3, -0.25) is 0 Å². The van der Waals surface area contributed by atoms with Gasteiger partial charge in [-0.1, -0.05) is 33.8 Å². The highest BCUT2D eigenvalue weighted by Crippen LogP contribution is 2.68. The van der Waals surface area contributed by atoms with E-state index >= 15 is 0 Å². The maximum Gasteiger partial charge on any atom is 0.130 e. The normalized spacial score (nSPS) is 22.3. The second kappa shape index (κ2) is 4.55. The van der Waals surface area contributed by atoms with Gasteiger partial charge in [-0.25, -0.2) is 8.78 Å². The van der Waals surface area contributed by atoms with Crippen LogP contribution >= 0.6 is 0 Å². The molecule has 1 fully saturated rings. The van der Waals surface area contributed by atoms with Gasteiger partial charge >= 0.3 is 0 Å². The molecule has 1 nitrogen and oxygen atoms in total. The molecule has 0 aliphatic heterocycles. The summed E-state index contributed by atoms with van der Waals surface area (Å²) in [6, 6.07) is 3.67. The van der Waals surface area contributed by atoms with E-state index in [4.69, 9.17) is 0 Å². The van der Waals surface area contributed by atoms with Crippen molar-refractivity contribution < 1.29 is 8.78 Å². The highest BCUT2D eigenvalue weighted by Gasteiger charge is 2.63. The molecule has 1 N–H and O–H groups in total. The van der Waals surface area contributed by atoms with Gasteiger partial charge in [0.2, 0.25) is 0 Å². The van der Waals surface area contributed by atoms with Crippen LogP contribution in [0.3, 0.4) is 0 Å². The van der Waals surface area contributed by atoms with Gasteiger partial charge in [0.25, 0.3) is 0 Å². The van der Waals surface area contributed by atoms with Crippen LogP contribution in [-0.2, 0) is 0 Å². The smallest absolute Gasteiger partial charge is 0.130 e. The Morgan fingerprint density at radius 2 is 1.74 bits per heavy atom. The molecule has 19 heavy (non-hydrogen) atoms. The molecule has 1 aromatic rings. The molecule has 0 radical (unpaired) electrons. The quantitative estimate of drug-likeness (QED) is 0.857. The average molecular weight is 267 g/mol. The van der Waals surface area contributed by atoms with Crippen LogP contribution in [0.25, 0.3) is 0 Å². The van der Waals surface area contributed by atoms with Gasteiger partial charge in [0.1, 0.15) is 11.6 Å². The molecule has 0 amide bonds. The molecule has 0 bridgehead atoms. The largest absolute Gasteiger partial charge is 0.310 e. The highest BCUT2D eigenvalue weighted by atomic mass is 19.1. The molecule has 3 heteroatoms. The van der Waals surface area contributed by atoms with Crippen LogP contribution in [0.4, 0.5) is 8.78 Å². The van der Waals surface area contributed by atoms with Crippen molar-refractivity contribution in [1.82, 2.24) is 5.32 Å². The molecule has 1 atom stereocenters. The summed E-state index contributed by atoms with van der Waals surface area (Å²) in [6.07, 6.45) is 0. The minimum absolute atomic E-state index is 0.104. The number of hydrogen-bond donors (Lipinski definition) is 1. The maximum absolute atomic E-state index is 13.7. The summed E-state index contributed by atoms with van der Waals surface area (Å²) < 4.78 is 26.5. The van der Waals surface area contributed by atoms with Crippen LogP contribution in [0, 0.1) is 28.4 Å². The van der Waals surface area contributed by atoms with Crippen LogP contribution in [0.15, 0.2) is 18.2 Å². The van der Waals surface area contributed by atoms with Crippen molar-refractivity contribution in [2.75, 3.05) is 6.54 Å². The van der Waals surface area contributed by atoms with E-state index in [-0.39, 0.29) is 6.04 Å². The van der Waals surface area contributed by atoms with Crippen LogP contribution in [0.5, 0.6) is 0 Å². The van der Waals surface area contributed by atoms with Crippen LogP contribution in [-0.4, -0.2) is 6.54 Å². The fourth-order valence-electron chi connectivity index (χ4n) is 3.10. The summed E-state index contributed by atoms with van der Waals surface area (Å²) in [5.74, 6) is -0.418. The second-order valence-corrected chi connectivity index (χ2v) is 6.79. The zero-order valence-electron chi connectivity index (χ0n) is 12.3. The van der Waals surface area contributed by atoms with Crippen molar-refractivity contribution in [2.45, 2.75) is 40.7 Å². The zero-order chi connectivity index (χ0) is 14.4. The van der Waals surface area contributed by atoms with Crippen molar-refractivity contribution in [3.63, 3.8) is 0 Å². The Labute approximate surface area is 114 Å². The van der Waals surface area contributed by atoms with E-state index in [1.807, 2.05) is 6.92 Å². The van der Waals surface area contributed by atoms with E-state index < -0.39 is 11.6 Å². The molecule has 1 aromatic carbocycles. The Hall–Kier alpha value is -0.960. The number of nitrogens with one attached hydrogen (secondary N) is 1. The van der Waals surface area contributed by atoms with Gasteiger partial charge in [-0.2, -0.15) is 0 Å². The predicted molar refractivity (Wildman–Crippen MR) is 73.8 cm³/mol. The third-order valence-electron chi connectivity index (χ3n) is 5.38. The van der Waals surface area contributed by atoms with Gasteiger partial charge in [-0.05, 0) is 36.3 Å². The van der Waals surface area contributed by atoms with E-state index in [0.717, 1.165) is 12.6 Å². The van der Waals surface area contributed by atoms with E-state index in [2.05, 4.69) is 33.0 Å².